The summed E-state index contributed by atoms with van der Waals surface area (Å²) >= 11 is 9.44. The number of nitrogens with one attached hydrogen (secondary N) is 2. The van der Waals surface area contributed by atoms with Crippen molar-refractivity contribution < 1.29 is 9.59 Å². The average molecular weight is 411 g/mol. The van der Waals surface area contributed by atoms with Gasteiger partial charge in [0.15, 0.2) is 0 Å². The van der Waals surface area contributed by atoms with Crippen LogP contribution in [0.5, 0.6) is 0 Å². The standard InChI is InChI=1S/C17H17BrClN3O2/c18-13-6-3-5-11(8-13)15(22-17(20)24)9-16(23)21-10-12-4-1-2-7-14(12)19/h1-8,15H,9-10H2,(H,21,23)(H3,20,22,24). The molecule has 0 saturated carbocycles. The minimum absolute atomic E-state index is 0.0733. The maximum Gasteiger partial charge on any atom is 0.312 e. The van der Waals surface area contributed by atoms with Gasteiger partial charge in [-0.3, -0.25) is 4.79 Å². The highest BCUT2D eigenvalue weighted by atomic mass is 79.9. The van der Waals surface area contributed by atoms with E-state index in [-0.39, 0.29) is 12.3 Å². The van der Waals surface area contributed by atoms with Gasteiger partial charge in [-0.15, -0.1) is 0 Å². The number of rotatable bonds is 6. The molecule has 0 heterocycles. The Morgan fingerprint density at radius 1 is 1.17 bits per heavy atom. The summed E-state index contributed by atoms with van der Waals surface area (Å²) in [7, 11) is 0. The van der Waals surface area contributed by atoms with Gasteiger partial charge in [-0.2, -0.15) is 0 Å². The summed E-state index contributed by atoms with van der Waals surface area (Å²) in [5, 5.41) is 5.99. The second-order valence-electron chi connectivity index (χ2n) is 5.19. The van der Waals surface area contributed by atoms with E-state index in [2.05, 4.69) is 26.6 Å². The maximum atomic E-state index is 12.2. The highest BCUT2D eigenvalue weighted by molar-refractivity contribution is 9.10. The van der Waals surface area contributed by atoms with Crippen LogP contribution in [0.2, 0.25) is 5.02 Å². The molecule has 1 atom stereocenters. The molecule has 0 bridgehead atoms. The molecule has 2 aromatic rings. The van der Waals surface area contributed by atoms with Crippen LogP contribution in [0, 0.1) is 0 Å². The number of carbonyl (C=O) groups excluding carboxylic acids is 2. The average Bonchev–Trinajstić information content (AvgIpc) is 2.53. The second kappa shape index (κ2) is 8.70. The van der Waals surface area contributed by atoms with Crippen molar-refractivity contribution >= 4 is 39.5 Å². The Hall–Kier alpha value is -2.05. The lowest BCUT2D eigenvalue weighted by Crippen LogP contribution is -2.36. The third kappa shape index (κ3) is 5.54. The molecular weight excluding hydrogens is 394 g/mol. The molecule has 24 heavy (non-hydrogen) atoms. The van der Waals surface area contributed by atoms with Gasteiger partial charge in [-0.1, -0.05) is 57.9 Å². The van der Waals surface area contributed by atoms with Crippen LogP contribution in [-0.4, -0.2) is 11.9 Å². The minimum atomic E-state index is -0.682. The van der Waals surface area contributed by atoms with Crippen LogP contribution in [0.3, 0.4) is 0 Å². The molecule has 0 radical (unpaired) electrons. The molecule has 0 saturated heterocycles. The number of amides is 3. The van der Waals surface area contributed by atoms with Crippen molar-refractivity contribution in [1.82, 2.24) is 10.6 Å². The van der Waals surface area contributed by atoms with E-state index in [1.54, 1.807) is 6.07 Å². The molecule has 2 rings (SSSR count). The first-order valence-electron chi connectivity index (χ1n) is 7.27. The monoisotopic (exact) mass is 409 g/mol. The van der Waals surface area contributed by atoms with Gasteiger partial charge in [0, 0.05) is 16.0 Å². The lowest BCUT2D eigenvalue weighted by molar-refractivity contribution is -0.121. The Bertz CT molecular complexity index is 739. The fraction of sp³-hybridized carbons (Fsp3) is 0.176. The Morgan fingerprint density at radius 3 is 2.58 bits per heavy atom. The molecule has 0 aromatic heterocycles. The second-order valence-corrected chi connectivity index (χ2v) is 6.51. The van der Waals surface area contributed by atoms with Crippen molar-refractivity contribution in [3.05, 3.63) is 69.2 Å². The molecule has 0 aliphatic heterocycles. The fourth-order valence-electron chi connectivity index (χ4n) is 2.24. The van der Waals surface area contributed by atoms with Gasteiger partial charge >= 0.3 is 6.03 Å². The number of urea groups is 1. The van der Waals surface area contributed by atoms with Crippen LogP contribution in [0.25, 0.3) is 0 Å². The summed E-state index contributed by atoms with van der Waals surface area (Å²) in [6.07, 6.45) is 0.0733. The molecule has 0 aliphatic carbocycles. The number of primary amides is 1. The van der Waals surface area contributed by atoms with E-state index in [1.165, 1.54) is 0 Å². The van der Waals surface area contributed by atoms with Crippen molar-refractivity contribution in [2.75, 3.05) is 0 Å². The number of carbonyl (C=O) groups is 2. The first-order chi connectivity index (χ1) is 11.5. The third-order valence-corrected chi connectivity index (χ3v) is 4.25. The van der Waals surface area contributed by atoms with Gasteiger partial charge in [0.25, 0.3) is 0 Å². The molecule has 4 N–H and O–H groups in total. The van der Waals surface area contributed by atoms with E-state index in [0.717, 1.165) is 15.6 Å². The molecule has 5 nitrogen and oxygen atoms in total. The summed E-state index contributed by atoms with van der Waals surface area (Å²) < 4.78 is 0.854. The van der Waals surface area contributed by atoms with Crippen molar-refractivity contribution in [2.45, 2.75) is 19.0 Å². The van der Waals surface area contributed by atoms with Crippen LogP contribution < -0.4 is 16.4 Å². The van der Waals surface area contributed by atoms with Crippen molar-refractivity contribution in [2.24, 2.45) is 5.73 Å². The number of halogens is 2. The zero-order valence-corrected chi connectivity index (χ0v) is 15.1. The van der Waals surface area contributed by atoms with E-state index in [0.29, 0.717) is 11.6 Å². The summed E-state index contributed by atoms with van der Waals surface area (Å²) in [6, 6.07) is 13.5. The van der Waals surface area contributed by atoms with Crippen LogP contribution in [-0.2, 0) is 11.3 Å². The Morgan fingerprint density at radius 2 is 1.92 bits per heavy atom. The van der Waals surface area contributed by atoms with Crippen molar-refractivity contribution in [1.29, 1.82) is 0 Å². The summed E-state index contributed by atoms with van der Waals surface area (Å²) in [5.74, 6) is -0.214. The van der Waals surface area contributed by atoms with Crippen LogP contribution >= 0.6 is 27.5 Å². The number of hydrogen-bond donors (Lipinski definition) is 3. The molecule has 7 heteroatoms. The lowest BCUT2D eigenvalue weighted by atomic mass is 10.0. The minimum Gasteiger partial charge on any atom is -0.352 e. The zero-order chi connectivity index (χ0) is 17.5. The smallest absolute Gasteiger partial charge is 0.312 e. The lowest BCUT2D eigenvalue weighted by Gasteiger charge is -2.18. The Balaban J connectivity index is 2.02. The molecule has 0 spiro atoms. The van der Waals surface area contributed by atoms with Gasteiger partial charge < -0.3 is 16.4 Å². The molecular formula is C17H17BrClN3O2. The largest absolute Gasteiger partial charge is 0.352 e. The third-order valence-electron chi connectivity index (χ3n) is 3.39. The molecule has 0 aliphatic rings. The molecule has 1 unspecified atom stereocenters. The predicted molar refractivity (Wildman–Crippen MR) is 97.5 cm³/mol. The zero-order valence-electron chi connectivity index (χ0n) is 12.8. The summed E-state index contributed by atoms with van der Waals surface area (Å²) in [5.41, 5.74) is 6.83. The van der Waals surface area contributed by atoms with E-state index < -0.39 is 12.1 Å². The topological polar surface area (TPSA) is 84.2 Å². The first kappa shape index (κ1) is 18.3. The van der Waals surface area contributed by atoms with E-state index in [9.17, 15) is 9.59 Å². The van der Waals surface area contributed by atoms with Gasteiger partial charge in [0.2, 0.25) is 5.91 Å². The number of benzene rings is 2. The molecule has 3 amide bonds. The van der Waals surface area contributed by atoms with Crippen molar-refractivity contribution in [3.63, 3.8) is 0 Å². The highest BCUT2D eigenvalue weighted by Gasteiger charge is 2.17. The quantitative estimate of drug-likeness (QED) is 0.681. The SMILES string of the molecule is NC(=O)NC(CC(=O)NCc1ccccc1Cl)c1cccc(Br)c1. The summed E-state index contributed by atoms with van der Waals surface area (Å²) in [4.78, 5) is 23.4. The highest BCUT2D eigenvalue weighted by Crippen LogP contribution is 2.21. The van der Waals surface area contributed by atoms with Gasteiger partial charge in [-0.05, 0) is 29.3 Å². The fourth-order valence-corrected chi connectivity index (χ4v) is 2.86. The predicted octanol–water partition coefficient (Wildman–Crippen LogP) is 3.52. The molecule has 126 valence electrons. The number of nitrogens with two attached hydrogens (primary N) is 1. The van der Waals surface area contributed by atoms with E-state index in [1.807, 2.05) is 42.5 Å². The van der Waals surface area contributed by atoms with Crippen molar-refractivity contribution in [3.8, 4) is 0 Å². The van der Waals surface area contributed by atoms with Gasteiger partial charge in [-0.25, -0.2) is 4.79 Å². The maximum absolute atomic E-state index is 12.2. The molecule has 2 aromatic carbocycles. The van der Waals surface area contributed by atoms with Crippen LogP contribution in [0.1, 0.15) is 23.6 Å². The number of hydrogen-bond acceptors (Lipinski definition) is 2. The first-order valence-corrected chi connectivity index (χ1v) is 8.44. The van der Waals surface area contributed by atoms with E-state index >= 15 is 0 Å². The normalized spacial score (nSPS) is 11.6. The van der Waals surface area contributed by atoms with Gasteiger partial charge in [0.05, 0.1) is 12.5 Å². The Labute approximate surface area is 153 Å². The molecule has 0 fully saturated rings. The van der Waals surface area contributed by atoms with Crippen LogP contribution in [0.4, 0.5) is 4.79 Å². The van der Waals surface area contributed by atoms with Crippen LogP contribution in [0.15, 0.2) is 53.0 Å². The summed E-state index contributed by atoms with van der Waals surface area (Å²) in [6.45, 7) is 0.320. The van der Waals surface area contributed by atoms with Gasteiger partial charge in [0.1, 0.15) is 0 Å². The Kier molecular flexibility index (Phi) is 6.63. The van der Waals surface area contributed by atoms with E-state index in [4.69, 9.17) is 17.3 Å².